The van der Waals surface area contributed by atoms with E-state index in [1.807, 2.05) is 46.6 Å². The molecule has 0 spiro atoms. The van der Waals surface area contributed by atoms with Crippen molar-refractivity contribution in [3.05, 3.63) is 45.9 Å². The van der Waals surface area contributed by atoms with Crippen molar-refractivity contribution in [3.63, 3.8) is 0 Å². The molecule has 0 bridgehead atoms. The summed E-state index contributed by atoms with van der Waals surface area (Å²) in [6.45, 7) is 14.2. The highest BCUT2D eigenvalue weighted by Gasteiger charge is 2.40. The van der Waals surface area contributed by atoms with Crippen LogP contribution >= 0.6 is 32.9 Å². The third-order valence-electron chi connectivity index (χ3n) is 15.9. The number of likely N-dealkylation sites (tertiary alicyclic amines) is 1. The minimum absolute atomic E-state index is 0.00648. The summed E-state index contributed by atoms with van der Waals surface area (Å²) >= 11 is 1.04. The van der Waals surface area contributed by atoms with Gasteiger partial charge < -0.3 is 71.0 Å². The molecule has 31 heteroatoms. The van der Waals surface area contributed by atoms with Crippen molar-refractivity contribution in [2.45, 2.75) is 188 Å². The number of likely N-dealkylation sites (N-methyl/N-ethyl adjacent to an activating group) is 1. The quantitative estimate of drug-likeness (QED) is 0.0114. The van der Waals surface area contributed by atoms with Crippen LogP contribution in [0.5, 0.6) is 5.75 Å². The molecule has 1 aliphatic heterocycles. The van der Waals surface area contributed by atoms with E-state index < -0.39 is 139 Å². The van der Waals surface area contributed by atoms with Gasteiger partial charge in [0.25, 0.3) is 5.91 Å². The van der Waals surface area contributed by atoms with Gasteiger partial charge in [-0.25, -0.2) is 20.0 Å². The molecule has 1 aromatic carbocycles. The number of carbonyl (C=O) groups is 10. The second-order valence-corrected chi connectivity index (χ2v) is 27.1. The number of hydrogen-bond acceptors (Lipinski definition) is 23. The number of nitrogens with zero attached hydrogens (tertiary/aromatic N) is 3. The molecule has 0 aliphatic carbocycles. The number of carbonyl (C=O) groups excluding carboxylic acids is 9. The Morgan fingerprint density at radius 3 is 2.16 bits per heavy atom. The molecule has 518 valence electrons. The van der Waals surface area contributed by atoms with Crippen LogP contribution in [-0.2, 0) is 59.0 Å². The third-order valence-corrected chi connectivity index (χ3v) is 19.2. The average Bonchev–Trinajstić information content (AvgIpc) is 1.26. The van der Waals surface area contributed by atoms with Crippen molar-refractivity contribution in [2.75, 3.05) is 51.6 Å². The fourth-order valence-electron chi connectivity index (χ4n) is 9.84. The zero-order valence-electron chi connectivity index (χ0n) is 54.3. The van der Waals surface area contributed by atoms with Crippen LogP contribution in [-0.4, -0.2) is 205 Å². The molecule has 1 fully saturated rings. The van der Waals surface area contributed by atoms with E-state index in [4.69, 9.17) is 19.3 Å². The lowest BCUT2D eigenvalue weighted by atomic mass is 9.92. The molecular weight excluding hydrogens is 1260 g/mol. The maximum atomic E-state index is 15.0. The first-order valence-electron chi connectivity index (χ1n) is 31.1. The number of carboxylic acid groups (broad SMARTS) is 1. The minimum Gasteiger partial charge on any atom is -0.508 e. The summed E-state index contributed by atoms with van der Waals surface area (Å²) in [5.74, 6) is -8.72. The number of aliphatic carboxylic acids is 1. The number of amides is 7. The molecule has 92 heavy (non-hydrogen) atoms. The molecule has 0 saturated carbocycles. The van der Waals surface area contributed by atoms with E-state index in [9.17, 15) is 73.5 Å². The highest BCUT2D eigenvalue weighted by Crippen LogP contribution is 2.32. The second-order valence-electron chi connectivity index (χ2n) is 23.6. The predicted molar refractivity (Wildman–Crippen MR) is 344 cm³/mol. The molecule has 13 atom stereocenters. The molecule has 2 heterocycles. The van der Waals surface area contributed by atoms with Crippen molar-refractivity contribution >= 4 is 92.4 Å². The van der Waals surface area contributed by atoms with E-state index in [1.165, 1.54) is 43.2 Å². The second kappa shape index (κ2) is 41.4. The van der Waals surface area contributed by atoms with Gasteiger partial charge in [0.2, 0.25) is 29.5 Å². The molecule has 1 unspecified atom stereocenters. The summed E-state index contributed by atoms with van der Waals surface area (Å²) < 4.78 is 16.7. The number of rotatable bonds is 40. The average molecular weight is 1360 g/mol. The lowest BCUT2D eigenvalue weighted by molar-refractivity contribution is -0.160. The topological polar surface area (TPSA) is 411 Å². The first kappa shape index (κ1) is 79.9. The number of ether oxygens (including phenoxy) is 3. The number of phenolic OH excluding ortho intramolecular Hbond substituents is 1. The van der Waals surface area contributed by atoms with Crippen LogP contribution in [0.25, 0.3) is 0 Å². The van der Waals surface area contributed by atoms with Gasteiger partial charge in [-0.3, -0.25) is 48.7 Å². The molecule has 1 saturated heterocycles. The number of aliphatic hydroxyl groups is 4. The Bertz CT molecular complexity index is 2690. The third kappa shape index (κ3) is 27.7. The number of benzene rings is 1. The maximum absolute atomic E-state index is 15.0. The number of esters is 2. The number of aromatic hydroxyl groups is 1. The van der Waals surface area contributed by atoms with Crippen LogP contribution in [0.2, 0.25) is 0 Å². The van der Waals surface area contributed by atoms with Gasteiger partial charge in [0.05, 0.1) is 24.9 Å². The lowest BCUT2D eigenvalue weighted by Crippen LogP contribution is -2.59. The van der Waals surface area contributed by atoms with Crippen molar-refractivity contribution < 1.29 is 92.8 Å². The van der Waals surface area contributed by atoms with Crippen molar-refractivity contribution in [1.29, 1.82) is 0 Å². The number of phenols is 1. The summed E-state index contributed by atoms with van der Waals surface area (Å²) in [7, 11) is 4.11. The van der Waals surface area contributed by atoms with Gasteiger partial charge in [0.15, 0.2) is 12.8 Å². The van der Waals surface area contributed by atoms with Crippen molar-refractivity contribution in [3.8, 4) is 5.75 Å². The van der Waals surface area contributed by atoms with Crippen LogP contribution in [0.3, 0.4) is 0 Å². The van der Waals surface area contributed by atoms with E-state index >= 15 is 0 Å². The highest BCUT2D eigenvalue weighted by atomic mass is 33.1. The Morgan fingerprint density at radius 1 is 0.848 bits per heavy atom. The largest absolute Gasteiger partial charge is 0.508 e. The van der Waals surface area contributed by atoms with Crippen LogP contribution in [0.1, 0.15) is 154 Å². The van der Waals surface area contributed by atoms with Crippen LogP contribution in [0, 0.1) is 29.6 Å². The SMILES string of the molecule is CCCC(=O)OCN(C(=O)[C@@H](NC(=O)[C@H]1CCCCN1C)C(C)CC)[C@H](C[C@@H](OC(C)=O)c1nc(C(=O)N[C@@H](Cc2ccc(O)cc2)C[C@H](C)C(=O)NNC(=O)OCCSSC[C@H](NC(=O)[C@@H](C)CCC(=O)NC[C@H](O)[C@@H](C)[C@H](O)[C@H](O)CO)C(=O)O)cs1)C(C)C. The molecule has 28 nitrogen and oxygen atoms in total. The van der Waals surface area contributed by atoms with Gasteiger partial charge in [-0.1, -0.05) is 102 Å². The summed E-state index contributed by atoms with van der Waals surface area (Å²) in [4.78, 5) is 140. The summed E-state index contributed by atoms with van der Waals surface area (Å²) in [6.07, 6.45) is -2.59. The van der Waals surface area contributed by atoms with Crippen molar-refractivity contribution in [1.82, 2.24) is 46.9 Å². The van der Waals surface area contributed by atoms with Gasteiger partial charge >= 0.3 is 24.0 Å². The summed E-state index contributed by atoms with van der Waals surface area (Å²) in [5.41, 5.74) is 5.14. The zero-order valence-corrected chi connectivity index (χ0v) is 56.7. The Kier molecular flexibility index (Phi) is 35.9. The fourth-order valence-corrected chi connectivity index (χ4v) is 12.7. The van der Waals surface area contributed by atoms with Crippen molar-refractivity contribution in [2.24, 2.45) is 29.6 Å². The van der Waals surface area contributed by atoms with Crippen LogP contribution < -0.4 is 32.1 Å². The first-order chi connectivity index (χ1) is 43.5. The van der Waals surface area contributed by atoms with E-state index in [0.29, 0.717) is 24.8 Å². The number of nitrogens with one attached hydrogen (secondary N) is 6. The zero-order chi connectivity index (χ0) is 68.8. The van der Waals surface area contributed by atoms with Gasteiger partial charge in [0.1, 0.15) is 41.2 Å². The molecule has 0 radical (unpaired) electrons. The Balaban J connectivity index is 1.64. The molecule has 1 aliphatic rings. The van der Waals surface area contributed by atoms with Crippen LogP contribution in [0.4, 0.5) is 4.79 Å². The number of aliphatic hydroxyl groups excluding tert-OH is 4. The monoisotopic (exact) mass is 1360 g/mol. The van der Waals surface area contributed by atoms with E-state index in [-0.39, 0.29) is 97.4 Å². The normalized spacial score (nSPS) is 17.3. The van der Waals surface area contributed by atoms with Crippen LogP contribution in [0.15, 0.2) is 29.6 Å². The predicted octanol–water partition coefficient (Wildman–Crippen LogP) is 3.33. The molecule has 3 rings (SSSR count). The van der Waals surface area contributed by atoms with Gasteiger partial charge in [0, 0.05) is 79.5 Å². The van der Waals surface area contributed by atoms with E-state index in [1.54, 1.807) is 19.1 Å². The Hall–Kier alpha value is -6.35. The number of piperidine rings is 1. The molecule has 1 aromatic heterocycles. The number of hydrogen-bond donors (Lipinski definition) is 12. The summed E-state index contributed by atoms with van der Waals surface area (Å²) in [5, 5.41) is 71.2. The number of thiazole rings is 1. The van der Waals surface area contributed by atoms with Gasteiger partial charge in [-0.2, -0.15) is 0 Å². The van der Waals surface area contributed by atoms with Gasteiger partial charge in [-0.15, -0.1) is 11.3 Å². The smallest absolute Gasteiger partial charge is 0.426 e. The summed E-state index contributed by atoms with van der Waals surface area (Å²) in [6, 6.07) is 2.03. The van der Waals surface area contributed by atoms with E-state index in [2.05, 4.69) is 37.1 Å². The molecule has 7 amide bonds. The van der Waals surface area contributed by atoms with Gasteiger partial charge in [-0.05, 0) is 81.6 Å². The Morgan fingerprint density at radius 2 is 1.54 bits per heavy atom. The molecular formula is C61H97N9O19S3. The number of hydrazine groups is 1. The Labute approximate surface area is 549 Å². The fraction of sp³-hybridized carbons (Fsp3) is 0.689. The molecule has 2 aromatic rings. The lowest BCUT2D eigenvalue weighted by Gasteiger charge is -2.39. The minimum atomic E-state index is -1.47. The first-order valence-corrected chi connectivity index (χ1v) is 34.5. The maximum Gasteiger partial charge on any atom is 0.426 e. The van der Waals surface area contributed by atoms with E-state index in [0.717, 1.165) is 52.3 Å². The number of carboxylic acids is 1. The number of aromatic nitrogens is 1. The standard InChI is InChI=1S/C61H97N9O19S3/c1-11-15-51(77)88-33-70(59(83)52(35(5)12-2)66-57(82)45-16-13-14-23-69(45)10)46(34(3)4)28-49(89-39(9)72)58-65-43(31-90-58)56(81)63-41(27-40-18-20-42(73)21-19-40)26-37(7)55(80)67-68-61(86)87-24-25-91-92-32-44(60(84)85)64-54(79)36(6)17-22-50(76)62-29-47(74)38(8)53(78)48(75)30-71/h18-21,31,34-38,41,44-49,52-53,71,73-75,78H,11-17,22-30,32-33H2,1-10H3,(H,62,76)(H,63,81)(H,64,79)(H,66,82)(H,67,80)(H,68,86)(H,84,85)/t35?,36-,37-,38+,41+,44-,45+,46+,47-,48+,49+,52-,53-/m0/s1. The highest BCUT2D eigenvalue weighted by molar-refractivity contribution is 8.76. The molecule has 12 N–H and O–H groups in total.